The lowest BCUT2D eigenvalue weighted by atomic mass is 10.1. The number of pyridine rings is 1. The number of nitrogens with zero attached hydrogens (tertiary/aromatic N) is 1. The van der Waals surface area contributed by atoms with Gasteiger partial charge in [0.05, 0.1) is 6.10 Å². The zero-order valence-electron chi connectivity index (χ0n) is 10.8. The van der Waals surface area contributed by atoms with Gasteiger partial charge in [0.25, 0.3) is 0 Å². The van der Waals surface area contributed by atoms with Gasteiger partial charge in [-0.25, -0.2) is 0 Å². The van der Waals surface area contributed by atoms with Crippen molar-refractivity contribution in [3.05, 3.63) is 30.1 Å². The van der Waals surface area contributed by atoms with Gasteiger partial charge in [-0.15, -0.1) is 0 Å². The fraction of sp³-hybridized carbons (Fsp3) is 0.643. The lowest BCUT2D eigenvalue weighted by molar-refractivity contribution is 0.0555. The Labute approximate surface area is 104 Å². The summed E-state index contributed by atoms with van der Waals surface area (Å²) in [5.74, 6) is 0. The van der Waals surface area contributed by atoms with Gasteiger partial charge in [-0.05, 0) is 12.5 Å². The monoisotopic (exact) mass is 236 g/mol. The van der Waals surface area contributed by atoms with E-state index in [0.29, 0.717) is 6.54 Å². The van der Waals surface area contributed by atoms with Crippen LogP contribution in [0, 0.1) is 0 Å². The molecule has 2 N–H and O–H groups in total. The zero-order valence-corrected chi connectivity index (χ0v) is 10.8. The van der Waals surface area contributed by atoms with E-state index < -0.39 is 0 Å². The van der Waals surface area contributed by atoms with Crippen LogP contribution in [0.1, 0.15) is 50.7 Å². The van der Waals surface area contributed by atoms with Crippen molar-refractivity contribution in [1.82, 2.24) is 4.98 Å². The number of aromatic nitrogens is 1. The quantitative estimate of drug-likeness (QED) is 0.670. The number of hydrogen-bond donors (Lipinski definition) is 1. The maximum Gasteiger partial charge on any atom is 0.0961 e. The number of unbranched alkanes of at least 4 members (excludes halogenated alkanes) is 4. The molecule has 1 atom stereocenters. The molecule has 0 aliphatic rings. The van der Waals surface area contributed by atoms with E-state index in [0.717, 1.165) is 18.6 Å². The van der Waals surface area contributed by atoms with Crippen LogP contribution in [-0.4, -0.2) is 18.1 Å². The minimum absolute atomic E-state index is 0.00475. The Morgan fingerprint density at radius 2 is 2.12 bits per heavy atom. The molecule has 0 aromatic carbocycles. The van der Waals surface area contributed by atoms with Crippen molar-refractivity contribution in [2.45, 2.75) is 45.1 Å². The van der Waals surface area contributed by atoms with Crippen LogP contribution in [-0.2, 0) is 4.74 Å². The predicted octanol–water partition coefficient (Wildman–Crippen LogP) is 3.07. The summed E-state index contributed by atoms with van der Waals surface area (Å²) < 4.78 is 5.79. The summed E-state index contributed by atoms with van der Waals surface area (Å²) in [6.07, 6.45) is 9.87. The molecule has 0 saturated heterocycles. The summed E-state index contributed by atoms with van der Waals surface area (Å²) in [6.45, 7) is 3.53. The molecule has 1 unspecified atom stereocenters. The zero-order chi connectivity index (χ0) is 12.3. The first kappa shape index (κ1) is 14.1. The average molecular weight is 236 g/mol. The van der Waals surface area contributed by atoms with Gasteiger partial charge in [0.1, 0.15) is 0 Å². The molecule has 1 aromatic heterocycles. The number of rotatable bonds is 9. The van der Waals surface area contributed by atoms with Gasteiger partial charge in [-0.1, -0.05) is 38.7 Å². The van der Waals surface area contributed by atoms with Gasteiger partial charge in [-0.3, -0.25) is 4.98 Å². The Morgan fingerprint density at radius 1 is 1.29 bits per heavy atom. The molecule has 3 nitrogen and oxygen atoms in total. The van der Waals surface area contributed by atoms with E-state index in [1.54, 1.807) is 6.20 Å². The van der Waals surface area contributed by atoms with Crippen molar-refractivity contribution in [2.75, 3.05) is 13.2 Å². The van der Waals surface area contributed by atoms with E-state index in [9.17, 15) is 0 Å². The van der Waals surface area contributed by atoms with E-state index in [1.807, 2.05) is 18.3 Å². The van der Waals surface area contributed by atoms with Gasteiger partial charge in [0.2, 0.25) is 0 Å². The number of ether oxygens (including phenoxy) is 1. The molecule has 0 spiro atoms. The third kappa shape index (κ3) is 5.80. The van der Waals surface area contributed by atoms with Crippen molar-refractivity contribution in [1.29, 1.82) is 0 Å². The van der Waals surface area contributed by atoms with Crippen molar-refractivity contribution >= 4 is 0 Å². The third-order valence-electron chi connectivity index (χ3n) is 2.84. The fourth-order valence-electron chi connectivity index (χ4n) is 1.80. The number of nitrogens with two attached hydrogens (primary N) is 1. The maximum absolute atomic E-state index is 5.79. The summed E-state index contributed by atoms with van der Waals surface area (Å²) >= 11 is 0. The van der Waals surface area contributed by atoms with Crippen LogP contribution in [0.4, 0.5) is 0 Å². The molecule has 0 fully saturated rings. The van der Waals surface area contributed by atoms with Gasteiger partial charge >= 0.3 is 0 Å². The topological polar surface area (TPSA) is 48.1 Å². The van der Waals surface area contributed by atoms with Gasteiger partial charge in [0, 0.05) is 31.1 Å². The molecule has 1 rings (SSSR count). The van der Waals surface area contributed by atoms with Crippen LogP contribution in [0.3, 0.4) is 0 Å². The van der Waals surface area contributed by atoms with Crippen LogP contribution in [0.2, 0.25) is 0 Å². The summed E-state index contributed by atoms with van der Waals surface area (Å²) in [6, 6.07) is 3.93. The van der Waals surface area contributed by atoms with E-state index >= 15 is 0 Å². The standard InChI is InChI=1S/C14H24N2O/c1-2-3-4-5-6-10-17-14(11-15)13-8-7-9-16-12-13/h7-9,12,14H,2-6,10-11,15H2,1H3. The largest absolute Gasteiger partial charge is 0.372 e. The van der Waals surface area contributed by atoms with Crippen molar-refractivity contribution < 1.29 is 4.74 Å². The summed E-state index contributed by atoms with van der Waals surface area (Å²) in [4.78, 5) is 4.09. The highest BCUT2D eigenvalue weighted by Gasteiger charge is 2.09. The summed E-state index contributed by atoms with van der Waals surface area (Å²) in [7, 11) is 0. The molecular weight excluding hydrogens is 212 g/mol. The van der Waals surface area contributed by atoms with Crippen LogP contribution in [0.15, 0.2) is 24.5 Å². The van der Waals surface area contributed by atoms with E-state index in [4.69, 9.17) is 10.5 Å². The summed E-state index contributed by atoms with van der Waals surface area (Å²) in [5.41, 5.74) is 6.79. The second-order valence-corrected chi connectivity index (χ2v) is 4.30. The molecule has 0 amide bonds. The highest BCUT2D eigenvalue weighted by molar-refractivity contribution is 5.12. The highest BCUT2D eigenvalue weighted by Crippen LogP contribution is 2.15. The molecule has 3 heteroatoms. The van der Waals surface area contributed by atoms with Crippen LogP contribution >= 0.6 is 0 Å². The Hall–Kier alpha value is -0.930. The van der Waals surface area contributed by atoms with E-state index in [1.165, 1.54) is 25.7 Å². The van der Waals surface area contributed by atoms with Crippen molar-refractivity contribution in [3.8, 4) is 0 Å². The first-order valence-electron chi connectivity index (χ1n) is 6.60. The molecule has 0 aliphatic carbocycles. The lowest BCUT2D eigenvalue weighted by Crippen LogP contribution is -2.16. The lowest BCUT2D eigenvalue weighted by Gasteiger charge is -2.15. The van der Waals surface area contributed by atoms with Gasteiger partial charge in [0.15, 0.2) is 0 Å². The van der Waals surface area contributed by atoms with Crippen molar-refractivity contribution in [2.24, 2.45) is 5.73 Å². The predicted molar refractivity (Wildman–Crippen MR) is 70.7 cm³/mol. The minimum Gasteiger partial charge on any atom is -0.372 e. The SMILES string of the molecule is CCCCCCCOC(CN)c1cccnc1. The maximum atomic E-state index is 5.79. The van der Waals surface area contributed by atoms with Gasteiger partial charge in [-0.2, -0.15) is 0 Å². The summed E-state index contributed by atoms with van der Waals surface area (Å²) in [5, 5.41) is 0. The molecule has 0 radical (unpaired) electrons. The van der Waals surface area contributed by atoms with Crippen LogP contribution in [0.25, 0.3) is 0 Å². The molecule has 0 saturated carbocycles. The van der Waals surface area contributed by atoms with E-state index in [-0.39, 0.29) is 6.10 Å². The number of hydrogen-bond acceptors (Lipinski definition) is 3. The Balaban J connectivity index is 2.20. The first-order valence-corrected chi connectivity index (χ1v) is 6.60. The molecule has 96 valence electrons. The normalized spacial score (nSPS) is 12.6. The fourth-order valence-corrected chi connectivity index (χ4v) is 1.80. The Bertz CT molecular complexity index is 277. The molecular formula is C14H24N2O. The van der Waals surface area contributed by atoms with Crippen molar-refractivity contribution in [3.63, 3.8) is 0 Å². The molecule has 0 aliphatic heterocycles. The second kappa shape index (κ2) is 9.14. The van der Waals surface area contributed by atoms with Gasteiger partial charge < -0.3 is 10.5 Å². The Kier molecular flexibility index (Phi) is 7.60. The van der Waals surface area contributed by atoms with Crippen LogP contribution < -0.4 is 5.73 Å². The molecule has 1 heterocycles. The van der Waals surface area contributed by atoms with Crippen LogP contribution in [0.5, 0.6) is 0 Å². The minimum atomic E-state index is -0.00475. The second-order valence-electron chi connectivity index (χ2n) is 4.30. The average Bonchev–Trinajstić information content (AvgIpc) is 2.39. The van der Waals surface area contributed by atoms with E-state index in [2.05, 4.69) is 11.9 Å². The smallest absolute Gasteiger partial charge is 0.0961 e. The third-order valence-corrected chi connectivity index (χ3v) is 2.84. The molecule has 0 bridgehead atoms. The molecule has 17 heavy (non-hydrogen) atoms. The highest BCUT2D eigenvalue weighted by atomic mass is 16.5. The Morgan fingerprint density at radius 3 is 2.76 bits per heavy atom. The molecule has 1 aromatic rings. The first-order chi connectivity index (χ1) is 8.38.